The largest absolute Gasteiger partial charge is 0.364 e. The molecular weight excluding hydrogens is 237 g/mol. The normalized spacial score (nSPS) is 21.1. The topological polar surface area (TPSA) is 3.24 Å². The molecule has 0 spiro atoms. The molecule has 1 aromatic carbocycles. The molecule has 0 radical (unpaired) electrons. The minimum atomic E-state index is -0.115. The molecule has 1 aliphatic heterocycles. The van der Waals surface area contributed by atoms with Crippen LogP contribution in [0.5, 0.6) is 0 Å². The molecule has 2 heteroatoms. The van der Waals surface area contributed by atoms with Crippen LogP contribution in [0.4, 0.5) is 4.39 Å². The SMILES string of the molecule is C=C1c2c(F)cccc2CN1C1CCCCCCC1. The molecule has 1 fully saturated rings. The van der Waals surface area contributed by atoms with Crippen molar-refractivity contribution in [1.29, 1.82) is 0 Å². The van der Waals surface area contributed by atoms with E-state index in [4.69, 9.17) is 0 Å². The van der Waals surface area contributed by atoms with Crippen LogP contribution in [-0.2, 0) is 6.54 Å². The third-order valence-corrected chi connectivity index (χ3v) is 4.59. The van der Waals surface area contributed by atoms with Gasteiger partial charge in [0, 0.05) is 23.8 Å². The predicted octanol–water partition coefficient (Wildman–Crippen LogP) is 4.72. The van der Waals surface area contributed by atoms with Crippen molar-refractivity contribution < 1.29 is 4.39 Å². The van der Waals surface area contributed by atoms with Crippen molar-refractivity contribution in [3.8, 4) is 0 Å². The summed E-state index contributed by atoms with van der Waals surface area (Å²) < 4.78 is 13.9. The second kappa shape index (κ2) is 5.36. The lowest BCUT2D eigenvalue weighted by Crippen LogP contribution is -2.30. The zero-order valence-corrected chi connectivity index (χ0v) is 11.5. The first-order valence-electron chi connectivity index (χ1n) is 7.50. The van der Waals surface area contributed by atoms with Crippen LogP contribution >= 0.6 is 0 Å². The molecule has 2 aliphatic rings. The second-order valence-corrected chi connectivity index (χ2v) is 5.85. The predicted molar refractivity (Wildman–Crippen MR) is 77.1 cm³/mol. The summed E-state index contributed by atoms with van der Waals surface area (Å²) in [5.41, 5.74) is 2.76. The first-order valence-corrected chi connectivity index (χ1v) is 7.50. The van der Waals surface area contributed by atoms with Crippen molar-refractivity contribution in [2.75, 3.05) is 0 Å². The quantitative estimate of drug-likeness (QED) is 0.705. The molecule has 1 saturated carbocycles. The standard InChI is InChI=1S/C17H22FN/c1-13-17-14(8-7-11-16(17)18)12-19(13)15-9-5-3-2-4-6-10-15/h7-8,11,15H,1-6,9-10,12H2. The fourth-order valence-corrected chi connectivity index (χ4v) is 3.54. The van der Waals surface area contributed by atoms with Gasteiger partial charge < -0.3 is 4.90 Å². The van der Waals surface area contributed by atoms with Crippen molar-refractivity contribution in [1.82, 2.24) is 4.90 Å². The summed E-state index contributed by atoms with van der Waals surface area (Å²) in [6.07, 6.45) is 9.13. The van der Waals surface area contributed by atoms with Crippen LogP contribution in [0.1, 0.15) is 56.1 Å². The lowest BCUT2D eigenvalue weighted by atomic mass is 9.95. The van der Waals surface area contributed by atoms with Crippen molar-refractivity contribution in [2.45, 2.75) is 57.5 Å². The molecule has 1 aliphatic carbocycles. The summed E-state index contributed by atoms with van der Waals surface area (Å²) >= 11 is 0. The number of benzene rings is 1. The summed E-state index contributed by atoms with van der Waals surface area (Å²) in [5, 5.41) is 0. The van der Waals surface area contributed by atoms with E-state index >= 15 is 0 Å². The molecule has 1 aromatic rings. The number of hydrogen-bond acceptors (Lipinski definition) is 1. The molecule has 0 unspecified atom stereocenters. The summed E-state index contributed by atoms with van der Waals surface area (Å²) in [6.45, 7) is 5.00. The highest BCUT2D eigenvalue weighted by atomic mass is 19.1. The molecule has 0 N–H and O–H groups in total. The lowest BCUT2D eigenvalue weighted by molar-refractivity contribution is 0.247. The third-order valence-electron chi connectivity index (χ3n) is 4.59. The van der Waals surface area contributed by atoms with Crippen molar-refractivity contribution >= 4 is 5.70 Å². The molecule has 0 amide bonds. The number of nitrogens with zero attached hydrogens (tertiary/aromatic N) is 1. The van der Waals surface area contributed by atoms with E-state index in [1.807, 2.05) is 12.1 Å². The highest BCUT2D eigenvalue weighted by Crippen LogP contribution is 2.37. The first-order chi connectivity index (χ1) is 9.27. The van der Waals surface area contributed by atoms with E-state index in [0.29, 0.717) is 6.04 Å². The zero-order chi connectivity index (χ0) is 13.2. The number of halogens is 1. The van der Waals surface area contributed by atoms with Gasteiger partial charge in [-0.25, -0.2) is 4.39 Å². The van der Waals surface area contributed by atoms with Gasteiger partial charge in [-0.3, -0.25) is 0 Å². The molecule has 3 rings (SSSR count). The Hall–Kier alpha value is -1.31. The Kier molecular flexibility index (Phi) is 3.58. The maximum absolute atomic E-state index is 13.9. The van der Waals surface area contributed by atoms with E-state index in [0.717, 1.165) is 23.4 Å². The zero-order valence-electron chi connectivity index (χ0n) is 11.5. The van der Waals surface area contributed by atoms with Crippen molar-refractivity contribution in [3.05, 3.63) is 41.7 Å². The average molecular weight is 259 g/mol. The lowest BCUT2D eigenvalue weighted by Gasteiger charge is -2.32. The van der Waals surface area contributed by atoms with Gasteiger partial charge in [-0.1, -0.05) is 50.8 Å². The molecule has 0 aromatic heterocycles. The Morgan fingerprint density at radius 3 is 2.42 bits per heavy atom. The monoisotopic (exact) mass is 259 g/mol. The molecule has 102 valence electrons. The van der Waals surface area contributed by atoms with Gasteiger partial charge in [0.2, 0.25) is 0 Å². The summed E-state index contributed by atoms with van der Waals surface area (Å²) in [5.74, 6) is -0.115. The average Bonchev–Trinajstić information content (AvgIpc) is 2.68. The van der Waals surface area contributed by atoms with Crippen LogP contribution in [0.3, 0.4) is 0 Å². The molecule has 0 saturated heterocycles. The highest BCUT2D eigenvalue weighted by molar-refractivity contribution is 5.69. The van der Waals surface area contributed by atoms with Gasteiger partial charge in [-0.2, -0.15) is 0 Å². The maximum atomic E-state index is 13.9. The van der Waals surface area contributed by atoms with E-state index in [2.05, 4.69) is 11.5 Å². The van der Waals surface area contributed by atoms with Crippen LogP contribution in [-0.4, -0.2) is 10.9 Å². The van der Waals surface area contributed by atoms with Crippen LogP contribution < -0.4 is 0 Å². The van der Waals surface area contributed by atoms with Gasteiger partial charge in [0.05, 0.1) is 0 Å². The van der Waals surface area contributed by atoms with Gasteiger partial charge in [0.25, 0.3) is 0 Å². The maximum Gasteiger partial charge on any atom is 0.132 e. The Morgan fingerprint density at radius 2 is 1.74 bits per heavy atom. The smallest absolute Gasteiger partial charge is 0.132 e. The Bertz CT molecular complexity index is 472. The minimum absolute atomic E-state index is 0.115. The van der Waals surface area contributed by atoms with Gasteiger partial charge in [0.1, 0.15) is 5.82 Å². The fraction of sp³-hybridized carbons (Fsp3) is 0.529. The molecule has 1 nitrogen and oxygen atoms in total. The summed E-state index contributed by atoms with van der Waals surface area (Å²) in [4.78, 5) is 2.35. The fourth-order valence-electron chi connectivity index (χ4n) is 3.54. The summed E-state index contributed by atoms with van der Waals surface area (Å²) in [6, 6.07) is 5.95. The summed E-state index contributed by atoms with van der Waals surface area (Å²) in [7, 11) is 0. The number of fused-ring (bicyclic) bond motifs is 1. The Balaban J connectivity index is 1.80. The van der Waals surface area contributed by atoms with Gasteiger partial charge in [0.15, 0.2) is 0 Å². The van der Waals surface area contributed by atoms with E-state index in [1.54, 1.807) is 6.07 Å². The van der Waals surface area contributed by atoms with E-state index in [9.17, 15) is 4.39 Å². The number of rotatable bonds is 1. The molecular formula is C17H22FN. The van der Waals surface area contributed by atoms with E-state index in [1.165, 1.54) is 44.9 Å². The molecule has 19 heavy (non-hydrogen) atoms. The van der Waals surface area contributed by atoms with Crippen LogP contribution in [0.25, 0.3) is 5.70 Å². The van der Waals surface area contributed by atoms with E-state index < -0.39 is 0 Å². The minimum Gasteiger partial charge on any atom is -0.364 e. The molecule has 1 heterocycles. The van der Waals surface area contributed by atoms with Crippen molar-refractivity contribution in [2.24, 2.45) is 0 Å². The Morgan fingerprint density at radius 1 is 1.05 bits per heavy atom. The third kappa shape index (κ3) is 2.41. The van der Waals surface area contributed by atoms with Gasteiger partial charge >= 0.3 is 0 Å². The first kappa shape index (κ1) is 12.7. The molecule has 0 atom stereocenters. The Labute approximate surface area is 115 Å². The van der Waals surface area contributed by atoms with Gasteiger partial charge in [-0.05, 0) is 24.5 Å². The number of hydrogen-bond donors (Lipinski definition) is 0. The second-order valence-electron chi connectivity index (χ2n) is 5.85. The van der Waals surface area contributed by atoms with E-state index in [-0.39, 0.29) is 5.82 Å². The van der Waals surface area contributed by atoms with Crippen molar-refractivity contribution in [3.63, 3.8) is 0 Å². The molecule has 0 bridgehead atoms. The van der Waals surface area contributed by atoms with Crippen LogP contribution in [0.15, 0.2) is 24.8 Å². The highest BCUT2D eigenvalue weighted by Gasteiger charge is 2.30. The van der Waals surface area contributed by atoms with Gasteiger partial charge in [-0.15, -0.1) is 0 Å². The van der Waals surface area contributed by atoms with Crippen LogP contribution in [0, 0.1) is 5.82 Å². The van der Waals surface area contributed by atoms with Crippen LogP contribution in [0.2, 0.25) is 0 Å².